The summed E-state index contributed by atoms with van der Waals surface area (Å²) in [6, 6.07) is 6.92. The number of hydrogen-bond acceptors (Lipinski definition) is 5. The van der Waals surface area contributed by atoms with E-state index < -0.39 is 10.0 Å². The zero-order chi connectivity index (χ0) is 15.3. The summed E-state index contributed by atoms with van der Waals surface area (Å²) in [7, 11) is -3.63. The molecule has 1 aromatic carbocycles. The molecule has 7 heteroatoms. The van der Waals surface area contributed by atoms with E-state index in [4.69, 9.17) is 5.14 Å². The van der Waals surface area contributed by atoms with Crippen LogP contribution in [-0.4, -0.2) is 51.0 Å². The maximum Gasteiger partial charge on any atom is 0.238 e. The number of nitrogens with zero attached hydrogens (tertiary/aromatic N) is 1. The summed E-state index contributed by atoms with van der Waals surface area (Å²) in [5.41, 5.74) is 0.940. The van der Waals surface area contributed by atoms with Crippen molar-refractivity contribution in [3.63, 3.8) is 0 Å². The van der Waals surface area contributed by atoms with E-state index in [1.807, 2.05) is 24.8 Å². The Labute approximate surface area is 131 Å². The van der Waals surface area contributed by atoms with E-state index in [0.717, 1.165) is 31.7 Å². The van der Waals surface area contributed by atoms with Crippen molar-refractivity contribution in [3.05, 3.63) is 29.8 Å². The molecule has 0 aromatic heterocycles. The lowest BCUT2D eigenvalue weighted by Gasteiger charge is -2.27. The van der Waals surface area contributed by atoms with Crippen LogP contribution >= 0.6 is 11.8 Å². The van der Waals surface area contributed by atoms with Crippen molar-refractivity contribution in [3.8, 4) is 0 Å². The Kier molecular flexibility index (Phi) is 6.07. The molecule has 1 atom stereocenters. The quantitative estimate of drug-likeness (QED) is 0.815. The third-order valence-electron chi connectivity index (χ3n) is 3.67. The van der Waals surface area contributed by atoms with Crippen LogP contribution in [0.5, 0.6) is 0 Å². The molecular weight excluding hydrogens is 306 g/mol. The van der Waals surface area contributed by atoms with Gasteiger partial charge in [0.2, 0.25) is 10.0 Å². The molecule has 1 aliphatic heterocycles. The minimum absolute atomic E-state index is 0.103. The molecule has 1 aromatic rings. The molecule has 5 nitrogen and oxygen atoms in total. The minimum atomic E-state index is -3.63. The van der Waals surface area contributed by atoms with Crippen molar-refractivity contribution < 1.29 is 8.42 Å². The Morgan fingerprint density at radius 3 is 2.76 bits per heavy atom. The van der Waals surface area contributed by atoms with E-state index in [1.165, 1.54) is 17.6 Å². The number of primary sulfonamides is 1. The predicted molar refractivity (Wildman–Crippen MR) is 88.0 cm³/mol. The van der Waals surface area contributed by atoms with Gasteiger partial charge in [-0.15, -0.1) is 0 Å². The molecule has 1 aliphatic rings. The van der Waals surface area contributed by atoms with Gasteiger partial charge in [0.15, 0.2) is 0 Å². The molecule has 0 bridgehead atoms. The maximum atomic E-state index is 11.4. The van der Waals surface area contributed by atoms with Gasteiger partial charge >= 0.3 is 0 Å². The summed E-state index contributed by atoms with van der Waals surface area (Å²) in [6.07, 6.45) is 0. The average molecular weight is 329 g/mol. The molecule has 2 rings (SSSR count). The first-order valence-corrected chi connectivity index (χ1v) is 9.83. The van der Waals surface area contributed by atoms with Crippen LogP contribution in [0, 0.1) is 0 Å². The minimum Gasteiger partial charge on any atom is -0.309 e. The SMILES string of the molecule is CC(NCCN1CCSCC1)c1cccc(S(N)(=O)=O)c1. The molecule has 1 heterocycles. The number of thioether (sulfide) groups is 1. The summed E-state index contributed by atoms with van der Waals surface area (Å²) in [5.74, 6) is 2.43. The number of nitrogens with one attached hydrogen (secondary N) is 1. The normalized spacial score (nSPS) is 18.6. The van der Waals surface area contributed by atoms with E-state index >= 15 is 0 Å². The van der Waals surface area contributed by atoms with E-state index in [1.54, 1.807) is 12.1 Å². The lowest BCUT2D eigenvalue weighted by molar-refractivity contribution is 0.296. The standard InChI is InChI=1S/C14H23N3O2S2/c1-12(16-5-6-17-7-9-20-10-8-17)13-3-2-4-14(11-13)21(15,18)19/h2-4,11-12,16H,5-10H2,1H3,(H2,15,18,19). The summed E-state index contributed by atoms with van der Waals surface area (Å²) >= 11 is 2.01. The van der Waals surface area contributed by atoms with Crippen LogP contribution in [0.25, 0.3) is 0 Å². The second-order valence-electron chi connectivity index (χ2n) is 5.25. The third kappa shape index (κ3) is 5.27. The van der Waals surface area contributed by atoms with E-state index in [2.05, 4.69) is 10.2 Å². The van der Waals surface area contributed by atoms with Gasteiger partial charge in [0.05, 0.1) is 4.90 Å². The number of rotatable bonds is 6. The molecule has 118 valence electrons. The first-order chi connectivity index (χ1) is 9.97. The van der Waals surface area contributed by atoms with Gasteiger partial charge in [0.1, 0.15) is 0 Å². The van der Waals surface area contributed by atoms with Gasteiger partial charge in [0, 0.05) is 43.7 Å². The molecule has 1 saturated heterocycles. The molecular formula is C14H23N3O2S2. The summed E-state index contributed by atoms with van der Waals surface area (Å²) < 4.78 is 22.8. The Bertz CT molecular complexity index is 557. The highest BCUT2D eigenvalue weighted by atomic mass is 32.2. The molecule has 21 heavy (non-hydrogen) atoms. The summed E-state index contributed by atoms with van der Waals surface area (Å²) in [4.78, 5) is 2.62. The van der Waals surface area contributed by atoms with Crippen LogP contribution < -0.4 is 10.5 Å². The first kappa shape index (κ1) is 16.8. The van der Waals surface area contributed by atoms with Crippen LogP contribution in [0.15, 0.2) is 29.2 Å². The van der Waals surface area contributed by atoms with Crippen LogP contribution in [0.3, 0.4) is 0 Å². The van der Waals surface area contributed by atoms with Gasteiger partial charge in [-0.2, -0.15) is 11.8 Å². The molecule has 0 saturated carbocycles. The number of benzene rings is 1. The van der Waals surface area contributed by atoms with Gasteiger partial charge in [-0.05, 0) is 24.6 Å². The van der Waals surface area contributed by atoms with Crippen molar-refractivity contribution in [1.82, 2.24) is 10.2 Å². The zero-order valence-corrected chi connectivity index (χ0v) is 13.9. The lowest BCUT2D eigenvalue weighted by Crippen LogP contribution is -2.38. The van der Waals surface area contributed by atoms with Gasteiger partial charge in [0.25, 0.3) is 0 Å². The highest BCUT2D eigenvalue weighted by Crippen LogP contribution is 2.16. The van der Waals surface area contributed by atoms with E-state index in [9.17, 15) is 8.42 Å². The van der Waals surface area contributed by atoms with Gasteiger partial charge < -0.3 is 10.2 Å². The lowest BCUT2D eigenvalue weighted by atomic mass is 10.1. The van der Waals surface area contributed by atoms with Crippen molar-refractivity contribution in [2.24, 2.45) is 5.14 Å². The van der Waals surface area contributed by atoms with Crippen LogP contribution in [0.1, 0.15) is 18.5 Å². The summed E-state index contributed by atoms with van der Waals surface area (Å²) in [6.45, 7) is 6.27. The van der Waals surface area contributed by atoms with Gasteiger partial charge in [-0.3, -0.25) is 0 Å². The second-order valence-corrected chi connectivity index (χ2v) is 8.03. The Hall–Kier alpha value is -0.600. The molecule has 0 radical (unpaired) electrons. The molecule has 0 aliphatic carbocycles. The van der Waals surface area contributed by atoms with Crippen molar-refractivity contribution >= 4 is 21.8 Å². The van der Waals surface area contributed by atoms with Crippen molar-refractivity contribution in [2.45, 2.75) is 17.9 Å². The van der Waals surface area contributed by atoms with Gasteiger partial charge in [-0.25, -0.2) is 13.6 Å². The largest absolute Gasteiger partial charge is 0.309 e. The van der Waals surface area contributed by atoms with E-state index in [0.29, 0.717) is 0 Å². The Balaban J connectivity index is 1.86. The Morgan fingerprint density at radius 1 is 1.38 bits per heavy atom. The fraction of sp³-hybridized carbons (Fsp3) is 0.571. The highest BCUT2D eigenvalue weighted by Gasteiger charge is 2.13. The fourth-order valence-corrected chi connectivity index (χ4v) is 3.89. The van der Waals surface area contributed by atoms with Crippen molar-refractivity contribution in [1.29, 1.82) is 0 Å². The van der Waals surface area contributed by atoms with Crippen LogP contribution in [0.2, 0.25) is 0 Å². The fourth-order valence-electron chi connectivity index (χ4n) is 2.34. The number of hydrogen-bond donors (Lipinski definition) is 2. The van der Waals surface area contributed by atoms with Crippen LogP contribution in [0.4, 0.5) is 0 Å². The Morgan fingerprint density at radius 2 is 2.10 bits per heavy atom. The first-order valence-electron chi connectivity index (χ1n) is 7.13. The second kappa shape index (κ2) is 7.60. The van der Waals surface area contributed by atoms with E-state index in [-0.39, 0.29) is 10.9 Å². The summed E-state index contributed by atoms with van der Waals surface area (Å²) in [5, 5.41) is 8.61. The molecule has 3 N–H and O–H groups in total. The number of sulfonamides is 1. The molecule has 0 amide bonds. The van der Waals surface area contributed by atoms with Crippen molar-refractivity contribution in [2.75, 3.05) is 37.7 Å². The zero-order valence-electron chi connectivity index (χ0n) is 12.3. The third-order valence-corrected chi connectivity index (χ3v) is 5.52. The smallest absolute Gasteiger partial charge is 0.238 e. The highest BCUT2D eigenvalue weighted by molar-refractivity contribution is 7.99. The molecule has 1 unspecified atom stereocenters. The molecule has 1 fully saturated rings. The van der Waals surface area contributed by atoms with Crippen LogP contribution in [-0.2, 0) is 10.0 Å². The topological polar surface area (TPSA) is 75.4 Å². The maximum absolute atomic E-state index is 11.4. The average Bonchev–Trinajstić information content (AvgIpc) is 2.47. The monoisotopic (exact) mass is 329 g/mol. The number of nitrogens with two attached hydrogens (primary N) is 1. The van der Waals surface area contributed by atoms with Gasteiger partial charge in [-0.1, -0.05) is 12.1 Å². The predicted octanol–water partition coefficient (Wildman–Crippen LogP) is 1.03. The molecule has 0 spiro atoms.